The van der Waals surface area contributed by atoms with Crippen molar-refractivity contribution in [2.24, 2.45) is 5.73 Å². The Morgan fingerprint density at radius 1 is 1.18 bits per heavy atom. The van der Waals surface area contributed by atoms with E-state index in [4.69, 9.17) is 5.73 Å². The van der Waals surface area contributed by atoms with Crippen LogP contribution in [-0.2, 0) is 12.8 Å². The third-order valence-electron chi connectivity index (χ3n) is 4.30. The van der Waals surface area contributed by atoms with Gasteiger partial charge < -0.3 is 11.1 Å². The van der Waals surface area contributed by atoms with Gasteiger partial charge in [0.1, 0.15) is 0 Å². The zero-order chi connectivity index (χ0) is 15.4. The van der Waals surface area contributed by atoms with Crippen LogP contribution in [-0.4, -0.2) is 12.5 Å². The Bertz CT molecular complexity index is 666. The molecule has 2 aromatic rings. The van der Waals surface area contributed by atoms with Crippen molar-refractivity contribution in [3.05, 3.63) is 70.8 Å². The summed E-state index contributed by atoms with van der Waals surface area (Å²) in [7, 11) is 0. The molecule has 0 fully saturated rings. The third kappa shape index (κ3) is 3.20. The zero-order valence-corrected chi connectivity index (χ0v) is 12.7. The highest BCUT2D eigenvalue weighted by molar-refractivity contribution is 5.94. The molecule has 114 valence electrons. The molecule has 3 nitrogen and oxygen atoms in total. The number of fused-ring (bicyclic) bond motifs is 1. The smallest absolute Gasteiger partial charge is 0.251 e. The molecule has 1 atom stereocenters. The molecule has 0 heterocycles. The molecular weight excluding hydrogens is 272 g/mol. The van der Waals surface area contributed by atoms with E-state index in [-0.39, 0.29) is 11.9 Å². The van der Waals surface area contributed by atoms with Crippen LogP contribution < -0.4 is 11.1 Å². The minimum absolute atomic E-state index is 0.0105. The summed E-state index contributed by atoms with van der Waals surface area (Å²) in [6, 6.07) is 16.4. The molecule has 0 saturated heterocycles. The Morgan fingerprint density at radius 3 is 2.91 bits per heavy atom. The first kappa shape index (κ1) is 14.8. The average Bonchev–Trinajstić information content (AvgIpc) is 2.96. The van der Waals surface area contributed by atoms with Crippen molar-refractivity contribution < 1.29 is 4.79 Å². The molecule has 0 spiro atoms. The van der Waals surface area contributed by atoms with Gasteiger partial charge in [0, 0.05) is 5.56 Å². The van der Waals surface area contributed by atoms with Crippen molar-refractivity contribution in [3.63, 3.8) is 0 Å². The lowest BCUT2D eigenvalue weighted by molar-refractivity contribution is 0.0936. The number of nitrogens with one attached hydrogen (secondary N) is 1. The molecule has 1 aliphatic carbocycles. The second-order valence-corrected chi connectivity index (χ2v) is 5.86. The Hall–Kier alpha value is -2.13. The predicted molar refractivity (Wildman–Crippen MR) is 88.8 cm³/mol. The normalized spacial score (nSPS) is 16.3. The standard InChI is InChI=1S/C19H22N2O/c20-12-4-6-14-5-3-8-16(13-14)19(22)21-18-11-10-15-7-1-2-9-17(15)18/h1-3,5,7-9,13,18H,4,6,10-12,20H2,(H,21,22). The molecule has 3 rings (SSSR count). The molecule has 2 aromatic carbocycles. The molecule has 22 heavy (non-hydrogen) atoms. The number of carbonyl (C=O) groups excluding carboxylic acids is 1. The first-order valence-corrected chi connectivity index (χ1v) is 7.95. The summed E-state index contributed by atoms with van der Waals surface area (Å²) in [6.07, 6.45) is 3.89. The Morgan fingerprint density at radius 2 is 2.05 bits per heavy atom. The van der Waals surface area contributed by atoms with Gasteiger partial charge in [-0.25, -0.2) is 0 Å². The summed E-state index contributed by atoms with van der Waals surface area (Å²) in [5.41, 5.74) is 10.1. The fraction of sp³-hybridized carbons (Fsp3) is 0.316. The van der Waals surface area contributed by atoms with Gasteiger partial charge in [0.25, 0.3) is 5.91 Å². The van der Waals surface area contributed by atoms with E-state index in [1.165, 1.54) is 16.7 Å². The van der Waals surface area contributed by atoms with Crippen molar-refractivity contribution in [2.45, 2.75) is 31.7 Å². The van der Waals surface area contributed by atoms with Gasteiger partial charge in [-0.1, -0.05) is 36.4 Å². The number of amides is 1. The SMILES string of the molecule is NCCCc1cccc(C(=O)NC2CCc3ccccc32)c1. The molecule has 1 amide bonds. The van der Waals surface area contributed by atoms with Crippen LogP contribution in [0.15, 0.2) is 48.5 Å². The van der Waals surface area contributed by atoms with Gasteiger partial charge >= 0.3 is 0 Å². The fourth-order valence-corrected chi connectivity index (χ4v) is 3.12. The summed E-state index contributed by atoms with van der Waals surface area (Å²) >= 11 is 0. The summed E-state index contributed by atoms with van der Waals surface area (Å²) in [5, 5.41) is 3.17. The lowest BCUT2D eigenvalue weighted by Crippen LogP contribution is -2.27. The van der Waals surface area contributed by atoms with Crippen LogP contribution in [0.5, 0.6) is 0 Å². The molecule has 0 radical (unpaired) electrons. The second-order valence-electron chi connectivity index (χ2n) is 5.86. The lowest BCUT2D eigenvalue weighted by atomic mass is 10.0. The second kappa shape index (κ2) is 6.75. The van der Waals surface area contributed by atoms with Crippen molar-refractivity contribution in [3.8, 4) is 0 Å². The van der Waals surface area contributed by atoms with Crippen LogP contribution in [0.2, 0.25) is 0 Å². The number of nitrogens with two attached hydrogens (primary N) is 1. The predicted octanol–water partition coefficient (Wildman–Crippen LogP) is 3.00. The van der Waals surface area contributed by atoms with Gasteiger partial charge in [0.05, 0.1) is 6.04 Å². The van der Waals surface area contributed by atoms with Crippen molar-refractivity contribution in [1.82, 2.24) is 5.32 Å². The average molecular weight is 294 g/mol. The Kier molecular flexibility index (Phi) is 4.54. The van der Waals surface area contributed by atoms with Gasteiger partial charge in [-0.05, 0) is 61.1 Å². The van der Waals surface area contributed by atoms with E-state index in [2.05, 4.69) is 29.6 Å². The summed E-state index contributed by atoms with van der Waals surface area (Å²) in [5.74, 6) is 0.0105. The number of aryl methyl sites for hydroxylation is 2. The molecule has 0 aliphatic heterocycles. The van der Waals surface area contributed by atoms with E-state index in [0.717, 1.165) is 31.2 Å². The highest BCUT2D eigenvalue weighted by Gasteiger charge is 2.23. The molecule has 3 heteroatoms. The molecule has 0 saturated carbocycles. The monoisotopic (exact) mass is 294 g/mol. The van der Waals surface area contributed by atoms with Gasteiger partial charge in [-0.3, -0.25) is 4.79 Å². The summed E-state index contributed by atoms with van der Waals surface area (Å²) < 4.78 is 0. The molecule has 1 aliphatic rings. The third-order valence-corrected chi connectivity index (χ3v) is 4.30. The highest BCUT2D eigenvalue weighted by Crippen LogP contribution is 2.30. The van der Waals surface area contributed by atoms with Crippen LogP contribution >= 0.6 is 0 Å². The minimum Gasteiger partial charge on any atom is -0.345 e. The van der Waals surface area contributed by atoms with Crippen LogP contribution in [0.4, 0.5) is 0 Å². The molecule has 0 aromatic heterocycles. The van der Waals surface area contributed by atoms with Crippen LogP contribution in [0.3, 0.4) is 0 Å². The van der Waals surface area contributed by atoms with Crippen LogP contribution in [0, 0.1) is 0 Å². The molecule has 3 N–H and O–H groups in total. The number of rotatable bonds is 5. The Labute approximate surface area is 131 Å². The first-order chi connectivity index (χ1) is 10.8. The summed E-state index contributed by atoms with van der Waals surface area (Å²) in [4.78, 5) is 12.5. The largest absolute Gasteiger partial charge is 0.345 e. The van der Waals surface area contributed by atoms with Gasteiger partial charge in [-0.15, -0.1) is 0 Å². The summed E-state index contributed by atoms with van der Waals surface area (Å²) in [6.45, 7) is 0.676. The quantitative estimate of drug-likeness (QED) is 0.890. The van der Waals surface area contributed by atoms with E-state index in [9.17, 15) is 4.79 Å². The van der Waals surface area contributed by atoms with Gasteiger partial charge in [0.15, 0.2) is 0 Å². The maximum atomic E-state index is 12.5. The lowest BCUT2D eigenvalue weighted by Gasteiger charge is -2.14. The molecule has 0 bridgehead atoms. The van der Waals surface area contributed by atoms with Crippen molar-refractivity contribution in [1.29, 1.82) is 0 Å². The maximum Gasteiger partial charge on any atom is 0.251 e. The number of hydrogen-bond acceptors (Lipinski definition) is 2. The van der Waals surface area contributed by atoms with Crippen molar-refractivity contribution >= 4 is 5.91 Å². The van der Waals surface area contributed by atoms with Gasteiger partial charge in [0.2, 0.25) is 0 Å². The van der Waals surface area contributed by atoms with E-state index < -0.39 is 0 Å². The van der Waals surface area contributed by atoms with E-state index in [1.54, 1.807) is 0 Å². The van der Waals surface area contributed by atoms with Crippen LogP contribution in [0.25, 0.3) is 0 Å². The fourth-order valence-electron chi connectivity index (χ4n) is 3.12. The molecule has 1 unspecified atom stereocenters. The van der Waals surface area contributed by atoms with Crippen molar-refractivity contribution in [2.75, 3.05) is 6.54 Å². The van der Waals surface area contributed by atoms with E-state index in [1.807, 2.05) is 24.3 Å². The van der Waals surface area contributed by atoms with Crippen LogP contribution in [0.1, 0.15) is 45.9 Å². The van der Waals surface area contributed by atoms with E-state index in [0.29, 0.717) is 6.54 Å². The Balaban J connectivity index is 1.70. The first-order valence-electron chi connectivity index (χ1n) is 7.95. The zero-order valence-electron chi connectivity index (χ0n) is 12.7. The topological polar surface area (TPSA) is 55.1 Å². The van der Waals surface area contributed by atoms with E-state index >= 15 is 0 Å². The molecular formula is C19H22N2O. The maximum absolute atomic E-state index is 12.5. The number of hydrogen-bond donors (Lipinski definition) is 2. The number of carbonyl (C=O) groups is 1. The number of benzene rings is 2. The highest BCUT2D eigenvalue weighted by atomic mass is 16.1. The van der Waals surface area contributed by atoms with Gasteiger partial charge in [-0.2, -0.15) is 0 Å². The minimum atomic E-state index is 0.0105.